The van der Waals surface area contributed by atoms with Crippen LogP contribution >= 0.6 is 0 Å². The third-order valence-electron chi connectivity index (χ3n) is 13.4. The molecule has 0 unspecified atom stereocenters. The van der Waals surface area contributed by atoms with Gasteiger partial charge in [-0.1, -0.05) is 0 Å². The van der Waals surface area contributed by atoms with Crippen molar-refractivity contribution in [1.29, 1.82) is 0 Å². The van der Waals surface area contributed by atoms with Crippen molar-refractivity contribution < 1.29 is 31.5 Å². The van der Waals surface area contributed by atoms with E-state index in [1.165, 1.54) is 0 Å². The molecule has 0 spiro atoms. The topological polar surface area (TPSA) is 105 Å². The molecule has 0 rings (SSSR count). The van der Waals surface area contributed by atoms with Crippen molar-refractivity contribution in [1.82, 2.24) is 0 Å². The molecule has 9 heteroatoms. The fraction of sp³-hybridized carbons (Fsp3) is 0.917. The minimum absolute atomic E-state index is 0.507. The van der Waals surface area contributed by atoms with E-state index in [2.05, 4.69) is 55.4 Å². The first-order valence-electron chi connectivity index (χ1n) is 24.2. The molecule has 0 radical (unpaired) electrons. The Morgan fingerprint density at radius 1 is 0.298 bits per heavy atom. The summed E-state index contributed by atoms with van der Waals surface area (Å²) in [4.78, 5) is 60.5. The van der Waals surface area contributed by atoms with Gasteiger partial charge in [0.2, 0.25) is 0 Å². The van der Waals surface area contributed by atoms with Crippen molar-refractivity contribution in [3.8, 4) is 0 Å². The van der Waals surface area contributed by atoms with Gasteiger partial charge in [0.1, 0.15) is 0 Å². The van der Waals surface area contributed by atoms with Crippen molar-refractivity contribution in [2.75, 3.05) is 0 Å². The molecule has 57 heavy (non-hydrogen) atoms. The van der Waals surface area contributed by atoms with E-state index in [0.29, 0.717) is 77.0 Å². The van der Waals surface area contributed by atoms with Crippen molar-refractivity contribution in [3.63, 3.8) is 0 Å². The predicted octanol–water partition coefficient (Wildman–Crippen LogP) is 14.7. The second-order valence-corrected chi connectivity index (χ2v) is 22.6. The predicted molar refractivity (Wildman–Crippen MR) is 237 cm³/mol. The Morgan fingerprint density at radius 2 is 0.439 bits per heavy atom. The Labute approximate surface area is 358 Å². The molecule has 0 aromatic carbocycles. The number of hydrogen-bond donors (Lipinski definition) is 0. The van der Waals surface area contributed by atoms with Crippen LogP contribution < -0.4 is 0 Å². The first-order chi connectivity index (χ1) is 27.2. The van der Waals surface area contributed by atoms with Crippen LogP contribution in [-0.4, -0.2) is 43.9 Å². The van der Waals surface area contributed by atoms with Gasteiger partial charge in [-0.3, -0.25) is 0 Å². The number of hydrogen-bond acceptors (Lipinski definition) is 8. The zero-order valence-electron chi connectivity index (χ0n) is 39.6. The molecule has 0 aliphatic heterocycles. The van der Waals surface area contributed by atoms with Crippen LogP contribution in [-0.2, 0) is 31.5 Å². The van der Waals surface area contributed by atoms with E-state index in [-0.39, 0.29) is 0 Å². The van der Waals surface area contributed by atoms with Gasteiger partial charge in [0.05, 0.1) is 0 Å². The second-order valence-electron chi connectivity index (χ2n) is 17.4. The summed E-state index contributed by atoms with van der Waals surface area (Å²) in [7, 11) is 0. The molecule has 8 nitrogen and oxygen atoms in total. The van der Waals surface area contributed by atoms with Crippen molar-refractivity contribution in [2.24, 2.45) is 21.7 Å². The van der Waals surface area contributed by atoms with Gasteiger partial charge in [0, 0.05) is 0 Å². The van der Waals surface area contributed by atoms with Crippen LogP contribution in [0.2, 0.25) is 0 Å². The number of rotatable bonds is 36. The maximum absolute atomic E-state index is 15.1. The SMILES string of the molecule is CCCCC(CC)(CCCC)C(=O)[O][Sn]([O]C(=O)C(CC)(CCCC)CCCC)([O]C(=O)C(CC)(CCCC)CCCC)[O]C(=O)C(CC)(CCCC)CCCC. The third-order valence-corrected chi connectivity index (χ3v) is 18.4. The average Bonchev–Trinajstić information content (AvgIpc) is 3.21. The van der Waals surface area contributed by atoms with Crippen molar-refractivity contribution >= 4 is 43.9 Å². The molecule has 0 aromatic heterocycles. The van der Waals surface area contributed by atoms with Gasteiger partial charge in [0.25, 0.3) is 0 Å². The molecule has 0 aliphatic rings. The van der Waals surface area contributed by atoms with E-state index in [9.17, 15) is 0 Å². The Hall–Kier alpha value is -1.32. The molecular formula is C48H92O8Sn. The van der Waals surface area contributed by atoms with E-state index in [1.54, 1.807) is 0 Å². The number of carbonyl (C=O) groups is 4. The fourth-order valence-corrected chi connectivity index (χ4v) is 14.2. The van der Waals surface area contributed by atoms with Crippen molar-refractivity contribution in [2.45, 2.75) is 263 Å². The molecule has 0 bridgehead atoms. The van der Waals surface area contributed by atoms with Crippen LogP contribution in [0.4, 0.5) is 0 Å². The molecule has 0 aromatic rings. The van der Waals surface area contributed by atoms with Gasteiger partial charge < -0.3 is 0 Å². The maximum atomic E-state index is 15.1. The molecule has 336 valence electrons. The normalized spacial score (nSPS) is 12.7. The quantitative estimate of drug-likeness (QED) is 0.0572. The van der Waals surface area contributed by atoms with Crippen LogP contribution in [0.3, 0.4) is 0 Å². The summed E-state index contributed by atoms with van der Waals surface area (Å²) in [5.41, 5.74) is -3.59. The Balaban J connectivity index is 8.30. The Morgan fingerprint density at radius 3 is 0.544 bits per heavy atom. The molecule has 0 amide bonds. The van der Waals surface area contributed by atoms with E-state index in [0.717, 1.165) is 103 Å². The molecule has 0 aliphatic carbocycles. The van der Waals surface area contributed by atoms with Gasteiger partial charge >= 0.3 is 360 Å². The van der Waals surface area contributed by atoms with Gasteiger partial charge in [-0.25, -0.2) is 0 Å². The molecule has 0 atom stereocenters. The molecule has 0 saturated heterocycles. The van der Waals surface area contributed by atoms with Crippen LogP contribution in [0.25, 0.3) is 0 Å². The third kappa shape index (κ3) is 16.9. The Kier molecular flexibility index (Phi) is 29.1. The fourth-order valence-electron chi connectivity index (χ4n) is 8.44. The van der Waals surface area contributed by atoms with Crippen molar-refractivity contribution in [3.05, 3.63) is 0 Å². The van der Waals surface area contributed by atoms with Crippen LogP contribution in [0.5, 0.6) is 0 Å². The summed E-state index contributed by atoms with van der Waals surface area (Å²) in [6.07, 6.45) is 20.3. The van der Waals surface area contributed by atoms with E-state index < -0.39 is 65.6 Å². The molecule has 0 heterocycles. The van der Waals surface area contributed by atoms with Gasteiger partial charge in [-0.15, -0.1) is 0 Å². The molecule has 0 saturated carbocycles. The summed E-state index contributed by atoms with van der Waals surface area (Å²) in [5.74, 6) is -2.25. The van der Waals surface area contributed by atoms with E-state index >= 15 is 19.2 Å². The zero-order valence-corrected chi connectivity index (χ0v) is 42.4. The molecule has 0 N–H and O–H groups in total. The standard InChI is InChI=1S/4C12H24O2.Sn/c4*1-4-7-9-12(6-3,11(13)14)10-8-5-2;/h4*4-10H2,1-3H3,(H,13,14);/q;;;;+4/p-4. The van der Waals surface area contributed by atoms with Crippen LogP contribution in [0, 0.1) is 21.7 Å². The number of carbonyl (C=O) groups excluding carboxylic acids is 4. The van der Waals surface area contributed by atoms with E-state index in [4.69, 9.17) is 12.3 Å². The number of unbranched alkanes of at least 4 members (excludes halogenated alkanes) is 8. The summed E-state index contributed by atoms with van der Waals surface area (Å²) < 4.78 is 26.8. The van der Waals surface area contributed by atoms with E-state index in [1.807, 2.05) is 27.7 Å². The summed E-state index contributed by atoms with van der Waals surface area (Å²) in [6, 6.07) is 0. The first-order valence-corrected chi connectivity index (χ1v) is 28.8. The second kappa shape index (κ2) is 29.8. The summed E-state index contributed by atoms with van der Waals surface area (Å²) in [6.45, 7) is 24.8. The monoisotopic (exact) mass is 917 g/mol. The molecular weight excluding hydrogens is 823 g/mol. The van der Waals surface area contributed by atoms with Crippen LogP contribution in [0.1, 0.15) is 263 Å². The molecule has 0 fully saturated rings. The van der Waals surface area contributed by atoms with Gasteiger partial charge in [0.15, 0.2) is 0 Å². The van der Waals surface area contributed by atoms with Gasteiger partial charge in [-0.2, -0.15) is 0 Å². The zero-order chi connectivity index (χ0) is 43.4. The summed E-state index contributed by atoms with van der Waals surface area (Å²) >= 11 is -6.41. The minimum atomic E-state index is -6.41. The average molecular weight is 916 g/mol. The first kappa shape index (κ1) is 55.7. The Bertz CT molecular complexity index is 914. The van der Waals surface area contributed by atoms with Crippen LogP contribution in [0.15, 0.2) is 0 Å². The van der Waals surface area contributed by atoms with Gasteiger partial charge in [-0.05, 0) is 0 Å². The summed E-state index contributed by atoms with van der Waals surface area (Å²) in [5, 5.41) is 0.